The molecule has 2 rings (SSSR count). The number of fused-ring (bicyclic) bond motifs is 1. The van der Waals surface area contributed by atoms with E-state index >= 15 is 0 Å². The lowest BCUT2D eigenvalue weighted by Gasteiger charge is -2.25. The van der Waals surface area contributed by atoms with Crippen LogP contribution in [0.1, 0.15) is 42.3 Å². The molecule has 0 aliphatic carbocycles. The highest BCUT2D eigenvalue weighted by Gasteiger charge is 2.34. The van der Waals surface area contributed by atoms with Crippen LogP contribution in [-0.2, 0) is 29.6 Å². The third kappa shape index (κ3) is 5.81. The van der Waals surface area contributed by atoms with Gasteiger partial charge in [-0.05, 0) is 27.7 Å². The van der Waals surface area contributed by atoms with E-state index in [4.69, 9.17) is 9.47 Å². The summed E-state index contributed by atoms with van der Waals surface area (Å²) in [6.45, 7) is 5.47. The Bertz CT molecular complexity index is 907. The van der Waals surface area contributed by atoms with Gasteiger partial charge in [-0.15, -0.1) is 0 Å². The molecule has 0 bridgehead atoms. The number of benzene rings is 1. The topological polar surface area (TPSA) is 159 Å². The zero-order chi connectivity index (χ0) is 23.5. The number of hydrogen-bond donors (Lipinski definition) is 4. The van der Waals surface area contributed by atoms with E-state index in [1.165, 1.54) is 6.92 Å². The summed E-state index contributed by atoms with van der Waals surface area (Å²) in [5.74, 6) is -4.65. The van der Waals surface area contributed by atoms with Gasteiger partial charge in [0.05, 0.1) is 11.0 Å². The van der Waals surface area contributed by atoms with Gasteiger partial charge in [0.15, 0.2) is 0 Å². The Balaban J connectivity index is 2.45. The SMILES string of the molecule is Cc1c(O)cc(O)c2c1C(=O)OC[C@H](OC(=O)C(C)(C)C)C(=O)N[C@H](C(=O)O)CSC2. The monoisotopic (exact) mass is 455 g/mol. The summed E-state index contributed by atoms with van der Waals surface area (Å²) in [7, 11) is 0. The van der Waals surface area contributed by atoms with Crippen molar-refractivity contribution in [1.29, 1.82) is 0 Å². The van der Waals surface area contributed by atoms with Gasteiger partial charge >= 0.3 is 17.9 Å². The summed E-state index contributed by atoms with van der Waals surface area (Å²) < 4.78 is 10.4. The number of phenols is 2. The number of cyclic esters (lactones) is 1. The number of nitrogens with one attached hydrogen (secondary N) is 1. The summed E-state index contributed by atoms with van der Waals surface area (Å²) in [6.07, 6.45) is -1.59. The standard InChI is InChI=1S/C20H25NO9S/c1-9-12(22)5-13(23)10-7-31-8-11(17(25)26)21-16(24)14(6-29-18(27)15(9)10)30-19(28)20(2,3)4/h5,11,14,22-23H,6-8H2,1-4H3,(H,21,24)(H,25,26)/t11-,14-/m0/s1. The lowest BCUT2D eigenvalue weighted by atomic mass is 9.97. The fraction of sp³-hybridized carbons (Fsp3) is 0.500. The van der Waals surface area contributed by atoms with Crippen molar-refractivity contribution in [1.82, 2.24) is 5.32 Å². The lowest BCUT2D eigenvalue weighted by molar-refractivity contribution is -0.166. The summed E-state index contributed by atoms with van der Waals surface area (Å²) in [4.78, 5) is 49.2. The third-order valence-corrected chi connectivity index (χ3v) is 5.57. The van der Waals surface area contributed by atoms with Gasteiger partial charge in [-0.2, -0.15) is 11.8 Å². The summed E-state index contributed by atoms with van der Waals surface area (Å²) in [6, 6.07) is -0.231. The Hall–Kier alpha value is -2.95. The number of esters is 2. The number of carbonyl (C=O) groups is 4. The number of phenolic OH excluding ortho intramolecular Hbond substituents is 2. The number of thioether (sulfide) groups is 1. The van der Waals surface area contributed by atoms with Gasteiger partial charge in [-0.25, -0.2) is 9.59 Å². The summed E-state index contributed by atoms with van der Waals surface area (Å²) in [5, 5.41) is 31.9. The molecule has 0 unspecified atom stereocenters. The molecular weight excluding hydrogens is 430 g/mol. The molecule has 1 aromatic rings. The molecule has 4 N–H and O–H groups in total. The van der Waals surface area contributed by atoms with Gasteiger partial charge in [0.1, 0.15) is 24.1 Å². The van der Waals surface area contributed by atoms with E-state index in [1.54, 1.807) is 20.8 Å². The van der Waals surface area contributed by atoms with Crippen LogP contribution in [0.2, 0.25) is 0 Å². The molecule has 10 nitrogen and oxygen atoms in total. The molecule has 0 radical (unpaired) electrons. The van der Waals surface area contributed by atoms with Crippen LogP contribution in [0.25, 0.3) is 0 Å². The van der Waals surface area contributed by atoms with Gasteiger partial charge in [-0.1, -0.05) is 0 Å². The summed E-state index contributed by atoms with van der Waals surface area (Å²) in [5.41, 5.74) is -0.752. The molecular formula is C20H25NO9S. The van der Waals surface area contributed by atoms with E-state index in [9.17, 15) is 34.5 Å². The molecule has 1 aromatic carbocycles. The lowest BCUT2D eigenvalue weighted by Crippen LogP contribution is -2.50. The molecule has 1 heterocycles. The highest BCUT2D eigenvalue weighted by Crippen LogP contribution is 2.35. The van der Waals surface area contributed by atoms with E-state index in [0.29, 0.717) is 0 Å². The van der Waals surface area contributed by atoms with Crippen LogP contribution in [0.5, 0.6) is 11.5 Å². The van der Waals surface area contributed by atoms with Crippen molar-refractivity contribution in [2.24, 2.45) is 5.41 Å². The number of aromatic hydroxyl groups is 2. The van der Waals surface area contributed by atoms with Crippen LogP contribution in [0, 0.1) is 12.3 Å². The number of ether oxygens (including phenoxy) is 2. The second kappa shape index (κ2) is 9.46. The minimum Gasteiger partial charge on any atom is -0.508 e. The summed E-state index contributed by atoms with van der Waals surface area (Å²) >= 11 is 1.05. The third-order valence-electron chi connectivity index (χ3n) is 4.51. The first-order chi connectivity index (χ1) is 14.3. The normalized spacial score (nSPS) is 20.4. The first kappa shape index (κ1) is 24.3. The zero-order valence-corrected chi connectivity index (χ0v) is 18.4. The fourth-order valence-corrected chi connectivity index (χ4v) is 3.72. The average Bonchev–Trinajstić information content (AvgIpc) is 2.65. The van der Waals surface area contributed by atoms with Crippen LogP contribution >= 0.6 is 11.8 Å². The Morgan fingerprint density at radius 1 is 1.23 bits per heavy atom. The maximum absolute atomic E-state index is 12.7. The van der Waals surface area contributed by atoms with Crippen molar-refractivity contribution >= 4 is 35.6 Å². The molecule has 1 amide bonds. The van der Waals surface area contributed by atoms with Crippen LogP contribution in [0.3, 0.4) is 0 Å². The maximum atomic E-state index is 12.7. The molecule has 0 saturated carbocycles. The van der Waals surface area contributed by atoms with E-state index in [-0.39, 0.29) is 39.7 Å². The Morgan fingerprint density at radius 3 is 2.45 bits per heavy atom. The number of aliphatic carboxylic acids is 1. The van der Waals surface area contributed by atoms with E-state index < -0.39 is 48.0 Å². The first-order valence-corrected chi connectivity index (χ1v) is 10.5. The zero-order valence-electron chi connectivity index (χ0n) is 17.6. The van der Waals surface area contributed by atoms with Gasteiger partial charge in [0.2, 0.25) is 6.10 Å². The number of rotatable bonds is 2. The van der Waals surface area contributed by atoms with Gasteiger partial charge in [-0.3, -0.25) is 9.59 Å². The molecule has 170 valence electrons. The van der Waals surface area contributed by atoms with Crippen LogP contribution in [0.4, 0.5) is 0 Å². The molecule has 31 heavy (non-hydrogen) atoms. The fourth-order valence-electron chi connectivity index (χ4n) is 2.64. The van der Waals surface area contributed by atoms with Crippen molar-refractivity contribution in [3.63, 3.8) is 0 Å². The number of carboxylic acids is 1. The van der Waals surface area contributed by atoms with Gasteiger partial charge in [0.25, 0.3) is 5.91 Å². The van der Waals surface area contributed by atoms with Crippen molar-refractivity contribution in [3.8, 4) is 11.5 Å². The quantitative estimate of drug-likeness (QED) is 0.479. The van der Waals surface area contributed by atoms with Crippen molar-refractivity contribution in [2.75, 3.05) is 12.4 Å². The van der Waals surface area contributed by atoms with Crippen LogP contribution in [-0.4, -0.2) is 63.6 Å². The molecule has 0 aromatic heterocycles. The van der Waals surface area contributed by atoms with E-state index in [0.717, 1.165) is 17.8 Å². The Labute approximate surface area is 182 Å². The van der Waals surface area contributed by atoms with Crippen LogP contribution < -0.4 is 5.32 Å². The minimum absolute atomic E-state index is 0.0273. The molecule has 11 heteroatoms. The number of amides is 1. The Morgan fingerprint density at radius 2 is 1.87 bits per heavy atom. The predicted molar refractivity (Wildman–Crippen MR) is 110 cm³/mol. The molecule has 0 fully saturated rings. The largest absolute Gasteiger partial charge is 0.508 e. The first-order valence-electron chi connectivity index (χ1n) is 9.36. The van der Waals surface area contributed by atoms with Crippen molar-refractivity contribution in [3.05, 3.63) is 22.8 Å². The second-order valence-electron chi connectivity index (χ2n) is 8.05. The smallest absolute Gasteiger partial charge is 0.339 e. The van der Waals surface area contributed by atoms with Gasteiger partial charge in [0, 0.05) is 28.7 Å². The van der Waals surface area contributed by atoms with Crippen LogP contribution in [0.15, 0.2) is 6.07 Å². The molecule has 0 spiro atoms. The highest BCUT2D eigenvalue weighted by atomic mass is 32.2. The minimum atomic E-state index is -1.59. The highest BCUT2D eigenvalue weighted by molar-refractivity contribution is 7.98. The maximum Gasteiger partial charge on any atom is 0.339 e. The average molecular weight is 455 g/mol. The second-order valence-corrected chi connectivity index (χ2v) is 9.08. The molecule has 1 aliphatic heterocycles. The number of carbonyl (C=O) groups excluding carboxylic acids is 3. The van der Waals surface area contributed by atoms with E-state index in [2.05, 4.69) is 5.32 Å². The Kier molecular flexibility index (Phi) is 7.42. The van der Waals surface area contributed by atoms with Gasteiger partial charge < -0.3 is 30.1 Å². The molecule has 1 aliphatic rings. The predicted octanol–water partition coefficient (Wildman–Crippen LogP) is 1.34. The number of hydrogen-bond acceptors (Lipinski definition) is 9. The molecule has 0 saturated heterocycles. The van der Waals surface area contributed by atoms with Crippen molar-refractivity contribution in [2.45, 2.75) is 45.6 Å². The van der Waals surface area contributed by atoms with E-state index in [1.807, 2.05) is 0 Å². The van der Waals surface area contributed by atoms with Crippen molar-refractivity contribution < 1.29 is 44.0 Å². The number of carboxylic acid groups (broad SMARTS) is 1. The molecule has 2 atom stereocenters.